The lowest BCUT2D eigenvalue weighted by molar-refractivity contribution is 0.0784. The van der Waals surface area contributed by atoms with Gasteiger partial charge in [0.2, 0.25) is 0 Å². The predicted molar refractivity (Wildman–Crippen MR) is 124 cm³/mol. The van der Waals surface area contributed by atoms with E-state index in [1.165, 1.54) is 31.4 Å². The first kappa shape index (κ1) is 23.1. The second kappa shape index (κ2) is 9.74. The molecule has 32 heavy (non-hydrogen) atoms. The van der Waals surface area contributed by atoms with Crippen LogP contribution in [0, 0.1) is 6.92 Å². The molecule has 0 saturated heterocycles. The molecule has 3 aromatic rings. The molecule has 0 bridgehead atoms. The van der Waals surface area contributed by atoms with Crippen LogP contribution in [0.15, 0.2) is 71.6 Å². The summed E-state index contributed by atoms with van der Waals surface area (Å²) < 4.78 is 38.3. The Morgan fingerprint density at radius 3 is 2.19 bits per heavy atom. The summed E-state index contributed by atoms with van der Waals surface area (Å²) in [6.07, 6.45) is 0. The molecule has 0 aliphatic carbocycles. The Morgan fingerprint density at radius 1 is 0.938 bits per heavy atom. The van der Waals surface area contributed by atoms with Gasteiger partial charge in [0.1, 0.15) is 11.5 Å². The van der Waals surface area contributed by atoms with Crippen molar-refractivity contribution in [2.45, 2.75) is 18.4 Å². The third kappa shape index (κ3) is 5.39. The van der Waals surface area contributed by atoms with Gasteiger partial charge in [0.15, 0.2) is 0 Å². The van der Waals surface area contributed by atoms with Crippen LogP contribution in [0.25, 0.3) is 0 Å². The van der Waals surface area contributed by atoms with Gasteiger partial charge in [-0.05, 0) is 61.5 Å². The number of carbonyl (C=O) groups excluding carboxylic acids is 1. The number of ether oxygens (including phenoxy) is 2. The summed E-state index contributed by atoms with van der Waals surface area (Å²) >= 11 is 0. The predicted octanol–water partition coefficient (Wildman–Crippen LogP) is 4.09. The van der Waals surface area contributed by atoms with Crippen LogP contribution in [-0.2, 0) is 16.6 Å². The van der Waals surface area contributed by atoms with Crippen LogP contribution in [0.5, 0.6) is 11.5 Å². The Hall–Kier alpha value is -3.52. The number of amides is 1. The molecule has 0 spiro atoms. The molecule has 1 N–H and O–H groups in total. The van der Waals surface area contributed by atoms with Gasteiger partial charge in [-0.1, -0.05) is 17.7 Å². The molecular formula is C24H26N2O5S. The van der Waals surface area contributed by atoms with E-state index in [1.807, 2.05) is 25.1 Å². The molecule has 0 atom stereocenters. The lowest BCUT2D eigenvalue weighted by Gasteiger charge is -2.19. The molecule has 0 radical (unpaired) electrons. The highest BCUT2D eigenvalue weighted by Crippen LogP contribution is 2.23. The van der Waals surface area contributed by atoms with E-state index in [2.05, 4.69) is 4.72 Å². The number of hydrogen-bond donors (Lipinski definition) is 1. The first-order valence-corrected chi connectivity index (χ1v) is 11.4. The van der Waals surface area contributed by atoms with E-state index < -0.39 is 10.0 Å². The molecule has 168 valence electrons. The molecule has 3 rings (SSSR count). The molecule has 8 heteroatoms. The highest BCUT2D eigenvalue weighted by molar-refractivity contribution is 7.92. The van der Waals surface area contributed by atoms with Gasteiger partial charge in [0, 0.05) is 30.4 Å². The Labute approximate surface area is 188 Å². The van der Waals surface area contributed by atoms with Crippen LogP contribution < -0.4 is 14.2 Å². The van der Waals surface area contributed by atoms with Crippen LogP contribution in [-0.4, -0.2) is 40.5 Å². The largest absolute Gasteiger partial charge is 0.497 e. The number of rotatable bonds is 8. The molecule has 0 aromatic heterocycles. The van der Waals surface area contributed by atoms with E-state index in [4.69, 9.17) is 9.47 Å². The van der Waals surface area contributed by atoms with E-state index in [1.54, 1.807) is 43.3 Å². The molecule has 0 aliphatic rings. The van der Waals surface area contributed by atoms with Gasteiger partial charge in [-0.25, -0.2) is 8.42 Å². The summed E-state index contributed by atoms with van der Waals surface area (Å²) in [6, 6.07) is 18.2. The maximum Gasteiger partial charge on any atom is 0.261 e. The van der Waals surface area contributed by atoms with Gasteiger partial charge in [-0.3, -0.25) is 9.52 Å². The van der Waals surface area contributed by atoms with Crippen LogP contribution in [0.1, 0.15) is 21.5 Å². The number of nitrogens with zero attached hydrogens (tertiary/aromatic N) is 1. The van der Waals surface area contributed by atoms with Crippen molar-refractivity contribution in [1.82, 2.24) is 4.90 Å². The van der Waals surface area contributed by atoms with Crippen LogP contribution in [0.2, 0.25) is 0 Å². The van der Waals surface area contributed by atoms with Gasteiger partial charge in [0.05, 0.1) is 19.1 Å². The van der Waals surface area contributed by atoms with Crippen molar-refractivity contribution < 1.29 is 22.7 Å². The molecular weight excluding hydrogens is 428 g/mol. The van der Waals surface area contributed by atoms with Crippen molar-refractivity contribution in [3.8, 4) is 11.5 Å². The van der Waals surface area contributed by atoms with Crippen molar-refractivity contribution in [3.63, 3.8) is 0 Å². The normalized spacial score (nSPS) is 11.0. The van der Waals surface area contributed by atoms with Crippen LogP contribution >= 0.6 is 0 Å². The summed E-state index contributed by atoms with van der Waals surface area (Å²) in [5.41, 5.74) is 2.77. The third-order valence-corrected chi connectivity index (χ3v) is 6.34. The summed E-state index contributed by atoms with van der Waals surface area (Å²) in [4.78, 5) is 14.5. The monoisotopic (exact) mass is 454 g/mol. The number of hydrogen-bond acceptors (Lipinski definition) is 5. The maximum atomic E-state index is 12.9. The summed E-state index contributed by atoms with van der Waals surface area (Å²) in [6.45, 7) is 2.34. The molecule has 0 aliphatic heterocycles. The number of methoxy groups -OCH3 is 2. The zero-order chi connectivity index (χ0) is 23.3. The lowest BCUT2D eigenvalue weighted by Crippen LogP contribution is -2.26. The number of nitrogens with one attached hydrogen (secondary N) is 1. The Morgan fingerprint density at radius 2 is 1.59 bits per heavy atom. The van der Waals surface area contributed by atoms with E-state index in [0.29, 0.717) is 29.3 Å². The van der Waals surface area contributed by atoms with Gasteiger partial charge in [0.25, 0.3) is 15.9 Å². The lowest BCUT2D eigenvalue weighted by atomic mass is 10.1. The van der Waals surface area contributed by atoms with E-state index in [9.17, 15) is 13.2 Å². The fraction of sp³-hybridized carbons (Fsp3) is 0.208. The molecule has 0 saturated carbocycles. The summed E-state index contributed by atoms with van der Waals surface area (Å²) in [5.74, 6) is 1.12. The Bertz CT molecular complexity index is 1190. The quantitative estimate of drug-likeness (QED) is 0.554. The van der Waals surface area contributed by atoms with Gasteiger partial charge in [-0.2, -0.15) is 0 Å². The van der Waals surface area contributed by atoms with Gasteiger partial charge in [-0.15, -0.1) is 0 Å². The minimum absolute atomic E-state index is 0.0628. The summed E-state index contributed by atoms with van der Waals surface area (Å²) in [7, 11) is 1.04. The van der Waals surface area contributed by atoms with Gasteiger partial charge >= 0.3 is 0 Å². The van der Waals surface area contributed by atoms with Gasteiger partial charge < -0.3 is 14.4 Å². The molecule has 1 amide bonds. The minimum Gasteiger partial charge on any atom is -0.497 e. The first-order valence-electron chi connectivity index (χ1n) is 9.89. The highest BCUT2D eigenvalue weighted by Gasteiger charge is 2.18. The van der Waals surface area contributed by atoms with Crippen molar-refractivity contribution >= 4 is 21.6 Å². The zero-order valence-electron chi connectivity index (χ0n) is 18.5. The zero-order valence-corrected chi connectivity index (χ0v) is 19.3. The number of aryl methyl sites for hydroxylation is 1. The molecule has 7 nitrogen and oxygen atoms in total. The van der Waals surface area contributed by atoms with Crippen molar-refractivity contribution in [1.29, 1.82) is 0 Å². The SMILES string of the molecule is COc1ccc(NS(=O)(=O)c2ccc(C(=O)N(C)Cc3cc(C)ccc3OC)cc2)cc1. The molecule has 0 unspecified atom stereocenters. The number of sulfonamides is 1. The first-order chi connectivity index (χ1) is 15.2. The summed E-state index contributed by atoms with van der Waals surface area (Å²) in [5, 5.41) is 0. The van der Waals surface area contributed by atoms with E-state index in [-0.39, 0.29) is 10.8 Å². The van der Waals surface area contributed by atoms with Crippen molar-refractivity contribution in [2.24, 2.45) is 0 Å². The molecule has 0 fully saturated rings. The topological polar surface area (TPSA) is 84.9 Å². The number of anilines is 1. The van der Waals surface area contributed by atoms with Crippen molar-refractivity contribution in [2.75, 3.05) is 26.0 Å². The Balaban J connectivity index is 1.72. The minimum atomic E-state index is -3.79. The third-order valence-electron chi connectivity index (χ3n) is 4.94. The van der Waals surface area contributed by atoms with Crippen LogP contribution in [0.3, 0.4) is 0 Å². The number of benzene rings is 3. The molecule has 0 heterocycles. The smallest absolute Gasteiger partial charge is 0.261 e. The fourth-order valence-corrected chi connectivity index (χ4v) is 4.29. The Kier molecular flexibility index (Phi) is 7.05. The average molecular weight is 455 g/mol. The van der Waals surface area contributed by atoms with E-state index in [0.717, 1.165) is 11.1 Å². The van der Waals surface area contributed by atoms with E-state index >= 15 is 0 Å². The van der Waals surface area contributed by atoms with Crippen LogP contribution in [0.4, 0.5) is 5.69 Å². The molecule has 3 aromatic carbocycles. The second-order valence-electron chi connectivity index (χ2n) is 7.33. The highest BCUT2D eigenvalue weighted by atomic mass is 32.2. The number of carbonyl (C=O) groups is 1. The maximum absolute atomic E-state index is 12.9. The standard InChI is InChI=1S/C24H26N2O5S/c1-17-5-14-23(31-4)19(15-17)16-26(2)24(27)18-6-12-22(13-7-18)32(28,29)25-20-8-10-21(30-3)11-9-20/h5-15,25H,16H2,1-4H3. The fourth-order valence-electron chi connectivity index (χ4n) is 3.23. The van der Waals surface area contributed by atoms with Crippen molar-refractivity contribution in [3.05, 3.63) is 83.4 Å². The average Bonchev–Trinajstić information content (AvgIpc) is 2.79. The second-order valence-corrected chi connectivity index (χ2v) is 9.02.